The third-order valence-corrected chi connectivity index (χ3v) is 24.9. The Labute approximate surface area is 545 Å². The molecule has 11 rings (SSSR count). The lowest BCUT2D eigenvalue weighted by molar-refractivity contribution is -0.386. The van der Waals surface area contributed by atoms with Gasteiger partial charge in [-0.2, -0.15) is 0 Å². The summed E-state index contributed by atoms with van der Waals surface area (Å²) in [5.41, 5.74) is -4.23. The molecule has 6 saturated heterocycles. The Morgan fingerprint density at radius 3 is 1.64 bits per heavy atom. The van der Waals surface area contributed by atoms with Crippen molar-refractivity contribution in [1.29, 1.82) is 0 Å². The number of carbonyl (C=O) groups is 1. The van der Waals surface area contributed by atoms with E-state index in [4.69, 9.17) is 56.8 Å². The zero-order chi connectivity index (χ0) is 68.8. The predicted octanol–water partition coefficient (Wildman–Crippen LogP) is -4.08. The number of hydrogen-bond donors (Lipinski definition) is 17. The Bertz CT molecular complexity index is 2680. The van der Waals surface area contributed by atoms with Crippen molar-refractivity contribution in [3.05, 3.63) is 11.6 Å². The number of aliphatic hydroxyl groups is 17. The zero-order valence-corrected chi connectivity index (χ0v) is 54.9. The molecule has 94 heavy (non-hydrogen) atoms. The molecule has 0 amide bonds. The molecule has 10 fully saturated rings. The molecule has 0 aromatic rings. The minimum atomic E-state index is -2.09. The first-order chi connectivity index (χ1) is 43.9. The molecular formula is C64H104O30. The van der Waals surface area contributed by atoms with Gasteiger partial charge in [0, 0.05) is 5.41 Å². The van der Waals surface area contributed by atoms with Crippen molar-refractivity contribution in [3.8, 4) is 0 Å². The number of fused-ring (bicyclic) bond motifs is 7. The highest BCUT2D eigenvalue weighted by atomic mass is 16.8. The van der Waals surface area contributed by atoms with Crippen molar-refractivity contribution in [2.75, 3.05) is 19.8 Å². The monoisotopic (exact) mass is 1350 g/mol. The summed E-state index contributed by atoms with van der Waals surface area (Å²) >= 11 is 0. The van der Waals surface area contributed by atoms with Crippen molar-refractivity contribution < 1.29 is 148 Å². The Balaban J connectivity index is 0.863. The van der Waals surface area contributed by atoms with Crippen LogP contribution in [0, 0.1) is 50.2 Å². The van der Waals surface area contributed by atoms with E-state index in [0.29, 0.717) is 32.1 Å². The van der Waals surface area contributed by atoms with Crippen molar-refractivity contribution >= 4 is 5.97 Å². The van der Waals surface area contributed by atoms with Crippen LogP contribution < -0.4 is 0 Å². The van der Waals surface area contributed by atoms with E-state index in [1.165, 1.54) is 27.7 Å². The van der Waals surface area contributed by atoms with Gasteiger partial charge in [-0.1, -0.05) is 53.2 Å². The summed E-state index contributed by atoms with van der Waals surface area (Å²) in [6, 6.07) is 0. The highest BCUT2D eigenvalue weighted by molar-refractivity contribution is 5.80. The summed E-state index contributed by atoms with van der Waals surface area (Å²) in [6.45, 7) is 16.6. The van der Waals surface area contributed by atoms with E-state index in [9.17, 15) is 86.8 Å². The maximum Gasteiger partial charge on any atom is 0.317 e. The fourth-order valence-corrected chi connectivity index (χ4v) is 19.0. The molecule has 4 saturated carbocycles. The summed E-state index contributed by atoms with van der Waals surface area (Å²) in [4.78, 5) is 16.0. The molecular weight excluding hydrogens is 1250 g/mol. The van der Waals surface area contributed by atoms with Crippen molar-refractivity contribution in [3.63, 3.8) is 0 Å². The lowest BCUT2D eigenvalue weighted by atomic mass is 9.33. The maximum atomic E-state index is 16.0. The second-order valence-corrected chi connectivity index (χ2v) is 31.0. The minimum Gasteiger partial charge on any atom is -0.432 e. The molecule has 30 heteroatoms. The second-order valence-electron chi connectivity index (χ2n) is 31.0. The van der Waals surface area contributed by atoms with Crippen LogP contribution in [0.3, 0.4) is 0 Å². The average Bonchev–Trinajstić information content (AvgIpc) is 0.714. The van der Waals surface area contributed by atoms with Gasteiger partial charge in [0.25, 0.3) is 0 Å². The number of hydrogen-bond acceptors (Lipinski definition) is 30. The van der Waals surface area contributed by atoms with Crippen LogP contribution >= 0.6 is 0 Å². The molecule has 0 radical (unpaired) electrons. The van der Waals surface area contributed by atoms with Crippen molar-refractivity contribution in [1.82, 2.24) is 0 Å². The summed E-state index contributed by atoms with van der Waals surface area (Å²) < 4.78 is 72.6. The highest BCUT2D eigenvalue weighted by Crippen LogP contribution is 2.76. The third kappa shape index (κ3) is 12.0. The first kappa shape index (κ1) is 73.3. The fraction of sp³-hybridized carbons (Fsp3) is 0.953. The third-order valence-electron chi connectivity index (χ3n) is 24.9. The average molecular weight is 1350 g/mol. The molecule has 0 aromatic heterocycles. The Kier molecular flexibility index (Phi) is 20.9. The van der Waals surface area contributed by atoms with Crippen LogP contribution in [-0.4, -0.2) is 303 Å². The summed E-state index contributed by atoms with van der Waals surface area (Å²) in [5.74, 6) is -1.98. The van der Waals surface area contributed by atoms with Crippen molar-refractivity contribution in [2.24, 2.45) is 50.2 Å². The van der Waals surface area contributed by atoms with E-state index in [1.54, 1.807) is 0 Å². The zero-order valence-electron chi connectivity index (χ0n) is 54.9. The van der Waals surface area contributed by atoms with E-state index in [2.05, 4.69) is 40.7 Å². The molecule has 30 nitrogen and oxygen atoms in total. The number of carbonyl (C=O) groups excluding carboxylic acids is 1. The number of aliphatic hydroxyl groups excluding tert-OH is 17. The van der Waals surface area contributed by atoms with Crippen LogP contribution in [0.2, 0.25) is 0 Å². The molecule has 0 spiro atoms. The van der Waals surface area contributed by atoms with Crippen LogP contribution in [0.25, 0.3) is 0 Å². The SMILES string of the molecule is C[C@@H]1O[C@@H](O[C@@H]2[C@@H](O)[C@H](O[C@@H]3[C@@H](O)[C@@H](O)[C@H](O[C@H]4[C@H](OC(=O)[C@]56CCC(C)(C)C[C@H]5C5=CC[C@@H]7[C@@]8(C)C[C@H](O)[C@H](O[C@@H]9O[C@@H](C)[C@H](O)[C@@H](O)[C@H]9O)[C@@](C)(CO)[C@@H]8CC[C@@]7(C)[C@]5(C)C[C@H]6O)O[C@H](C)[C@H](O)[C@@H]4O[C@@H]4O[C@@H](CO)[C@H](O)[C@H]4O)O[C@H]3C)OC[C@H]2O)[C@H](O)[C@H](O)[C@H]1O. The smallest absolute Gasteiger partial charge is 0.317 e. The maximum absolute atomic E-state index is 16.0. The van der Waals surface area contributed by atoms with Gasteiger partial charge in [-0.05, 0) is 118 Å². The van der Waals surface area contributed by atoms with Crippen molar-refractivity contribution in [2.45, 2.75) is 311 Å². The van der Waals surface area contributed by atoms with Gasteiger partial charge < -0.3 is 144 Å². The van der Waals surface area contributed by atoms with Gasteiger partial charge in [0.1, 0.15) is 109 Å². The van der Waals surface area contributed by atoms with Gasteiger partial charge >= 0.3 is 5.97 Å². The summed E-state index contributed by atoms with van der Waals surface area (Å²) in [5, 5.41) is 191. The number of ether oxygens (including phenoxy) is 12. The van der Waals surface area contributed by atoms with Crippen LogP contribution in [0.1, 0.15) is 121 Å². The Morgan fingerprint density at radius 1 is 0.500 bits per heavy atom. The quantitative estimate of drug-likeness (QED) is 0.0447. The van der Waals surface area contributed by atoms with Crippen LogP contribution in [0.4, 0.5) is 0 Å². The first-order valence-electron chi connectivity index (χ1n) is 33.5. The molecule has 6 heterocycles. The molecule has 0 bridgehead atoms. The largest absolute Gasteiger partial charge is 0.432 e. The van der Waals surface area contributed by atoms with Gasteiger partial charge in [-0.3, -0.25) is 4.79 Å². The molecule has 39 atom stereocenters. The van der Waals surface area contributed by atoms with E-state index < -0.39 is 249 Å². The van der Waals surface area contributed by atoms with Crippen LogP contribution in [0.15, 0.2) is 11.6 Å². The molecule has 6 aliphatic heterocycles. The highest BCUT2D eigenvalue weighted by Gasteiger charge is 2.74. The fourth-order valence-electron chi connectivity index (χ4n) is 19.0. The number of allylic oxidation sites excluding steroid dienone is 2. The van der Waals surface area contributed by atoms with Gasteiger partial charge in [-0.15, -0.1) is 0 Å². The molecule has 17 N–H and O–H groups in total. The topological polar surface area (TPSA) is 472 Å². The minimum absolute atomic E-state index is 0.0792. The summed E-state index contributed by atoms with van der Waals surface area (Å²) in [7, 11) is 0. The molecule has 0 aromatic carbocycles. The lowest BCUT2D eigenvalue weighted by Gasteiger charge is -2.72. The van der Waals surface area contributed by atoms with Crippen LogP contribution in [-0.2, 0) is 61.6 Å². The molecule has 11 aliphatic rings. The second kappa shape index (κ2) is 26.8. The normalized spacial score (nSPS) is 56.7. The van der Waals surface area contributed by atoms with Gasteiger partial charge in [0.2, 0.25) is 6.29 Å². The van der Waals surface area contributed by atoms with E-state index in [1.807, 2.05) is 6.92 Å². The van der Waals surface area contributed by atoms with Gasteiger partial charge in [-0.25, -0.2) is 0 Å². The van der Waals surface area contributed by atoms with E-state index in [-0.39, 0.29) is 36.5 Å². The van der Waals surface area contributed by atoms with Crippen LogP contribution in [0.5, 0.6) is 0 Å². The van der Waals surface area contributed by atoms with Gasteiger partial charge in [0.05, 0.1) is 62.5 Å². The van der Waals surface area contributed by atoms with E-state index in [0.717, 1.165) is 5.57 Å². The standard InChI is InChI=1S/C64H104O30/c1-23-35(70)39(74)43(78)53(84-23)90-48-30(68)21-83-52(46(48)81)89-47-26(4)87-54(45(80)41(47)76)92-50-49(91-56-42(77)38(73)31(20-65)88-56)37(72)25(3)86-57(50)94-58(82)64-16-15-59(5,6)17-28(64)27-11-12-33-60(7)18-29(67)51(93-55-44(79)40(75)36(71)24(2)85-55)61(8,22-66)32(60)13-14-62(33,9)63(27,10)19-34(64)69/h11,23-26,28-57,65-81H,12-22H2,1-10H3/t23-,24-,25+,26-,28-,29-,30+,31-,32+,33+,34+,35-,36-,37-,38-,39+,40+,41-,42+,43+,44+,45+,46+,47-,48-,49-,50+,51-,52-,53-,54-,55-,56-,57-,60-,61-,62+,63+,64+/m0/s1. The summed E-state index contributed by atoms with van der Waals surface area (Å²) in [6.07, 6.45) is -43.8. The number of esters is 1. The van der Waals surface area contributed by atoms with E-state index >= 15 is 4.79 Å². The molecule has 0 unspecified atom stereocenters. The number of rotatable bonds is 14. The molecule has 5 aliphatic carbocycles. The molecule has 540 valence electrons. The lowest BCUT2D eigenvalue weighted by Crippen LogP contribution is -2.70. The Hall–Kier alpha value is -1.91. The first-order valence-corrected chi connectivity index (χ1v) is 33.5. The predicted molar refractivity (Wildman–Crippen MR) is 315 cm³/mol. The Morgan fingerprint density at radius 2 is 1.03 bits per heavy atom. The van der Waals surface area contributed by atoms with Gasteiger partial charge in [0.15, 0.2) is 37.6 Å².